The van der Waals surface area contributed by atoms with Crippen LogP contribution in [0.3, 0.4) is 0 Å². The summed E-state index contributed by atoms with van der Waals surface area (Å²) in [5, 5.41) is 15.2. The average Bonchev–Trinajstić information content (AvgIpc) is 2.16. The van der Waals surface area contributed by atoms with Crippen molar-refractivity contribution in [3.8, 4) is 0 Å². The Hall–Kier alpha value is -1.55. The van der Waals surface area contributed by atoms with Crippen LogP contribution in [0.25, 0.3) is 0 Å². The highest BCUT2D eigenvalue weighted by Gasteiger charge is 1.99. The Balaban J connectivity index is 3.00. The molecule has 0 aromatic heterocycles. The molecule has 1 aromatic carbocycles. The molecule has 0 saturated carbocycles. The minimum atomic E-state index is 0.388. The van der Waals surface area contributed by atoms with Gasteiger partial charge in [-0.1, -0.05) is 28.9 Å². The molecule has 0 aliphatic carbocycles. The van der Waals surface area contributed by atoms with Crippen LogP contribution in [-0.2, 0) is 0 Å². The van der Waals surface area contributed by atoms with Gasteiger partial charge in [-0.25, -0.2) is 0 Å². The van der Waals surface area contributed by atoms with Gasteiger partial charge in [-0.3, -0.25) is 0 Å². The molecule has 3 N–H and O–H groups in total. The first kappa shape index (κ1) is 9.54. The minimum Gasteiger partial charge on any atom is -0.411 e. The Bertz CT molecular complexity index is 332. The molecule has 0 radical (unpaired) electrons. The molecule has 68 valence electrons. The van der Waals surface area contributed by atoms with Crippen LogP contribution >= 0.6 is 11.6 Å². The molecule has 0 bridgehead atoms. The Kier molecular flexibility index (Phi) is 3.28. The van der Waals surface area contributed by atoms with E-state index in [0.29, 0.717) is 10.7 Å². The molecule has 1 aromatic rings. The van der Waals surface area contributed by atoms with Crippen molar-refractivity contribution in [2.75, 3.05) is 0 Å². The summed E-state index contributed by atoms with van der Waals surface area (Å²) < 4.78 is 0. The van der Waals surface area contributed by atoms with Gasteiger partial charge >= 0.3 is 0 Å². The maximum atomic E-state index is 8.29. The van der Waals surface area contributed by atoms with Crippen molar-refractivity contribution < 1.29 is 5.21 Å². The SMILES string of the molecule is N/N=C(\C=N\O)c1ccc(Cl)cc1. The molecule has 0 fully saturated rings. The Labute approximate surface area is 80.3 Å². The fourth-order valence-electron chi connectivity index (χ4n) is 0.858. The van der Waals surface area contributed by atoms with Crippen molar-refractivity contribution in [3.63, 3.8) is 0 Å². The molecular formula is C8H8ClN3O. The number of hydrogen-bond donors (Lipinski definition) is 2. The average molecular weight is 198 g/mol. The summed E-state index contributed by atoms with van der Waals surface area (Å²) in [6, 6.07) is 6.87. The molecule has 0 aliphatic rings. The van der Waals surface area contributed by atoms with Crippen LogP contribution in [0.4, 0.5) is 0 Å². The van der Waals surface area contributed by atoms with E-state index in [0.717, 1.165) is 11.8 Å². The number of nitrogens with two attached hydrogens (primary N) is 1. The van der Waals surface area contributed by atoms with Gasteiger partial charge in [0.05, 0.1) is 6.21 Å². The van der Waals surface area contributed by atoms with Crippen LogP contribution in [-0.4, -0.2) is 17.1 Å². The summed E-state index contributed by atoms with van der Waals surface area (Å²) in [7, 11) is 0. The molecule has 0 saturated heterocycles. The number of oxime groups is 1. The van der Waals surface area contributed by atoms with Gasteiger partial charge in [-0.15, -0.1) is 0 Å². The Morgan fingerprint density at radius 1 is 1.38 bits per heavy atom. The van der Waals surface area contributed by atoms with Crippen LogP contribution in [0.1, 0.15) is 5.56 Å². The highest BCUT2D eigenvalue weighted by Crippen LogP contribution is 2.09. The summed E-state index contributed by atoms with van der Waals surface area (Å²) in [6.45, 7) is 0. The Morgan fingerprint density at radius 2 is 2.00 bits per heavy atom. The molecule has 0 aliphatic heterocycles. The van der Waals surface area contributed by atoms with Gasteiger partial charge in [0.25, 0.3) is 0 Å². The van der Waals surface area contributed by atoms with E-state index in [9.17, 15) is 0 Å². The Morgan fingerprint density at radius 3 is 2.46 bits per heavy atom. The monoisotopic (exact) mass is 197 g/mol. The van der Waals surface area contributed by atoms with Crippen LogP contribution in [0.15, 0.2) is 34.5 Å². The third-order valence-electron chi connectivity index (χ3n) is 1.46. The third kappa shape index (κ3) is 2.45. The number of benzene rings is 1. The minimum absolute atomic E-state index is 0.388. The lowest BCUT2D eigenvalue weighted by atomic mass is 10.1. The maximum absolute atomic E-state index is 8.29. The molecule has 0 amide bonds. The molecule has 0 unspecified atom stereocenters. The molecule has 1 rings (SSSR count). The lowest BCUT2D eigenvalue weighted by molar-refractivity contribution is 0.322. The highest BCUT2D eigenvalue weighted by molar-refractivity contribution is 6.38. The summed E-state index contributed by atoms with van der Waals surface area (Å²) in [6.07, 6.45) is 1.16. The predicted molar refractivity (Wildman–Crippen MR) is 52.5 cm³/mol. The van der Waals surface area contributed by atoms with Gasteiger partial charge in [0, 0.05) is 10.6 Å². The highest BCUT2D eigenvalue weighted by atomic mass is 35.5. The van der Waals surface area contributed by atoms with Crippen molar-refractivity contribution >= 4 is 23.5 Å². The van der Waals surface area contributed by atoms with Crippen molar-refractivity contribution in [1.82, 2.24) is 0 Å². The largest absolute Gasteiger partial charge is 0.411 e. The summed E-state index contributed by atoms with van der Waals surface area (Å²) >= 11 is 5.68. The van der Waals surface area contributed by atoms with E-state index in [2.05, 4.69) is 10.3 Å². The van der Waals surface area contributed by atoms with Crippen molar-refractivity contribution in [2.45, 2.75) is 0 Å². The molecule has 5 heteroatoms. The normalized spacial score (nSPS) is 12.2. The topological polar surface area (TPSA) is 71.0 Å². The fourth-order valence-corrected chi connectivity index (χ4v) is 0.984. The van der Waals surface area contributed by atoms with E-state index in [1.54, 1.807) is 24.3 Å². The summed E-state index contributed by atoms with van der Waals surface area (Å²) in [4.78, 5) is 0. The predicted octanol–water partition coefficient (Wildman–Crippen LogP) is 1.46. The van der Waals surface area contributed by atoms with Gasteiger partial charge in [0.2, 0.25) is 0 Å². The molecular weight excluding hydrogens is 190 g/mol. The van der Waals surface area contributed by atoms with Crippen molar-refractivity contribution in [2.24, 2.45) is 16.1 Å². The lowest BCUT2D eigenvalue weighted by Gasteiger charge is -1.97. The van der Waals surface area contributed by atoms with Crippen LogP contribution in [0.2, 0.25) is 5.02 Å². The quantitative estimate of drug-likeness (QED) is 0.326. The van der Waals surface area contributed by atoms with Gasteiger partial charge in [-0.05, 0) is 12.1 Å². The van der Waals surface area contributed by atoms with E-state index < -0.39 is 0 Å². The standard InChI is InChI=1S/C8H8ClN3O/c9-7-3-1-6(2-4-7)8(12-10)5-11-13/h1-5,13H,10H2/b11-5+,12-8+. The van der Waals surface area contributed by atoms with E-state index in [4.69, 9.17) is 22.7 Å². The smallest absolute Gasteiger partial charge is 0.111 e. The fraction of sp³-hybridized carbons (Fsp3) is 0. The number of hydrazone groups is 1. The van der Waals surface area contributed by atoms with Crippen molar-refractivity contribution in [3.05, 3.63) is 34.9 Å². The van der Waals surface area contributed by atoms with Crippen molar-refractivity contribution in [1.29, 1.82) is 0 Å². The van der Waals surface area contributed by atoms with E-state index in [1.165, 1.54) is 0 Å². The molecule has 0 heterocycles. The first-order valence-electron chi connectivity index (χ1n) is 3.49. The third-order valence-corrected chi connectivity index (χ3v) is 1.71. The number of halogens is 1. The van der Waals surface area contributed by atoms with E-state index >= 15 is 0 Å². The zero-order chi connectivity index (χ0) is 9.68. The van der Waals surface area contributed by atoms with Crippen LogP contribution in [0.5, 0.6) is 0 Å². The summed E-state index contributed by atoms with van der Waals surface area (Å²) in [5.74, 6) is 5.08. The zero-order valence-corrected chi connectivity index (χ0v) is 7.44. The van der Waals surface area contributed by atoms with E-state index in [1.807, 2.05) is 0 Å². The summed E-state index contributed by atoms with van der Waals surface area (Å²) in [5.41, 5.74) is 1.13. The van der Waals surface area contributed by atoms with Gasteiger partial charge in [0.1, 0.15) is 5.71 Å². The number of hydrogen-bond acceptors (Lipinski definition) is 4. The second kappa shape index (κ2) is 4.47. The van der Waals surface area contributed by atoms with Crippen LogP contribution in [0, 0.1) is 0 Å². The second-order valence-corrected chi connectivity index (χ2v) is 2.70. The number of rotatable bonds is 2. The molecule has 0 spiro atoms. The van der Waals surface area contributed by atoms with Gasteiger partial charge in [-0.2, -0.15) is 5.10 Å². The second-order valence-electron chi connectivity index (χ2n) is 2.27. The molecule has 13 heavy (non-hydrogen) atoms. The molecule has 0 atom stereocenters. The maximum Gasteiger partial charge on any atom is 0.111 e. The van der Waals surface area contributed by atoms with Crippen LogP contribution < -0.4 is 5.84 Å². The first-order valence-corrected chi connectivity index (χ1v) is 3.87. The lowest BCUT2D eigenvalue weighted by Crippen LogP contribution is -2.05. The number of nitrogens with zero attached hydrogens (tertiary/aromatic N) is 2. The zero-order valence-electron chi connectivity index (χ0n) is 6.68. The van der Waals surface area contributed by atoms with E-state index in [-0.39, 0.29) is 0 Å². The van der Waals surface area contributed by atoms with Gasteiger partial charge < -0.3 is 11.0 Å². The first-order chi connectivity index (χ1) is 6.27. The molecule has 4 nitrogen and oxygen atoms in total. The van der Waals surface area contributed by atoms with Gasteiger partial charge in [0.15, 0.2) is 0 Å².